The third-order valence-corrected chi connectivity index (χ3v) is 3.58. The molecule has 0 unspecified atom stereocenters. The molecule has 0 bridgehead atoms. The van der Waals surface area contributed by atoms with Crippen LogP contribution in [0.5, 0.6) is 0 Å². The fourth-order valence-electron chi connectivity index (χ4n) is 1.50. The van der Waals surface area contributed by atoms with E-state index < -0.39 is 10.1 Å². The van der Waals surface area contributed by atoms with Gasteiger partial charge in [-0.1, -0.05) is 32.4 Å². The highest BCUT2D eigenvalue weighted by Crippen LogP contribution is 2.27. The molecule has 1 aromatic rings. The van der Waals surface area contributed by atoms with Gasteiger partial charge in [-0.2, -0.15) is 8.42 Å². The van der Waals surface area contributed by atoms with Gasteiger partial charge in [-0.3, -0.25) is 9.17 Å². The van der Waals surface area contributed by atoms with Crippen LogP contribution in [0, 0.1) is 5.92 Å². The van der Waals surface area contributed by atoms with Crippen LogP contribution in [-0.4, -0.2) is 19.7 Å². The summed E-state index contributed by atoms with van der Waals surface area (Å²) in [6.07, 6.45) is 2.59. The van der Waals surface area contributed by atoms with E-state index in [9.17, 15) is 8.42 Å². The van der Waals surface area contributed by atoms with Crippen molar-refractivity contribution in [3.8, 4) is 0 Å². The lowest BCUT2D eigenvalue weighted by Crippen LogP contribution is -2.11. The summed E-state index contributed by atoms with van der Waals surface area (Å²) in [4.78, 5) is 4.29. The van der Waals surface area contributed by atoms with Crippen LogP contribution in [0.15, 0.2) is 12.3 Å². The molecular weight excluding hydrogens is 274 g/mol. The third-order valence-electron chi connectivity index (χ3n) is 2.83. The molecule has 6 heteroatoms. The summed E-state index contributed by atoms with van der Waals surface area (Å²) in [6.45, 7) is 6.19. The molecule has 0 aliphatic rings. The summed E-state index contributed by atoms with van der Waals surface area (Å²) in [7, 11) is -3.47. The van der Waals surface area contributed by atoms with E-state index >= 15 is 0 Å². The highest BCUT2D eigenvalue weighted by Gasteiger charge is 2.17. The minimum absolute atomic E-state index is 0.0290. The lowest BCUT2D eigenvalue weighted by molar-refractivity contribution is 0.308. The smallest absolute Gasteiger partial charge is 0.264 e. The molecule has 0 N–H and O–H groups in total. The minimum atomic E-state index is -3.47. The Balaban J connectivity index is 3.04. The lowest BCUT2D eigenvalue weighted by atomic mass is 9.91. The van der Waals surface area contributed by atoms with Crippen molar-refractivity contribution in [2.45, 2.75) is 33.3 Å². The van der Waals surface area contributed by atoms with Gasteiger partial charge in [0.1, 0.15) is 0 Å². The Hall–Kier alpha value is -0.650. The van der Waals surface area contributed by atoms with Gasteiger partial charge < -0.3 is 0 Å². The number of nitrogens with zero attached hydrogens (tertiary/aromatic N) is 1. The van der Waals surface area contributed by atoms with Crippen molar-refractivity contribution in [2.75, 3.05) is 6.26 Å². The first-order valence-electron chi connectivity index (χ1n) is 5.69. The first-order chi connectivity index (χ1) is 8.20. The number of pyridine rings is 1. The van der Waals surface area contributed by atoms with E-state index in [0.29, 0.717) is 16.5 Å². The average Bonchev–Trinajstić information content (AvgIpc) is 2.24. The van der Waals surface area contributed by atoms with Gasteiger partial charge >= 0.3 is 0 Å². The van der Waals surface area contributed by atoms with Crippen LogP contribution in [0.1, 0.15) is 37.9 Å². The Morgan fingerprint density at radius 2 is 2.00 bits per heavy atom. The van der Waals surface area contributed by atoms with E-state index in [4.69, 9.17) is 15.8 Å². The van der Waals surface area contributed by atoms with Crippen molar-refractivity contribution >= 4 is 21.7 Å². The highest BCUT2D eigenvalue weighted by molar-refractivity contribution is 7.85. The maximum Gasteiger partial charge on any atom is 0.264 e. The Morgan fingerprint density at radius 1 is 1.39 bits per heavy atom. The maximum atomic E-state index is 11.0. The van der Waals surface area contributed by atoms with E-state index in [1.807, 2.05) is 6.92 Å². The minimum Gasteiger partial charge on any atom is -0.265 e. The zero-order chi connectivity index (χ0) is 13.9. The summed E-state index contributed by atoms with van der Waals surface area (Å²) < 4.78 is 26.9. The molecule has 0 aliphatic heterocycles. The Bertz CT molecular complexity index is 514. The zero-order valence-corrected chi connectivity index (χ0v) is 12.5. The summed E-state index contributed by atoms with van der Waals surface area (Å²) in [5.41, 5.74) is 1.55. The van der Waals surface area contributed by atoms with E-state index in [1.165, 1.54) is 0 Å². The van der Waals surface area contributed by atoms with Gasteiger partial charge in [0.05, 0.1) is 17.9 Å². The molecule has 1 rings (SSSR count). The van der Waals surface area contributed by atoms with Crippen molar-refractivity contribution in [2.24, 2.45) is 5.92 Å². The lowest BCUT2D eigenvalue weighted by Gasteiger charge is -2.18. The van der Waals surface area contributed by atoms with Crippen LogP contribution in [0.4, 0.5) is 0 Å². The largest absolute Gasteiger partial charge is 0.265 e. The van der Waals surface area contributed by atoms with E-state index in [1.54, 1.807) is 12.3 Å². The highest BCUT2D eigenvalue weighted by atomic mass is 35.5. The first-order valence-corrected chi connectivity index (χ1v) is 7.89. The van der Waals surface area contributed by atoms with Gasteiger partial charge in [-0.15, -0.1) is 0 Å². The van der Waals surface area contributed by atoms with Crippen LogP contribution in [-0.2, 0) is 20.9 Å². The summed E-state index contributed by atoms with van der Waals surface area (Å²) in [6, 6.07) is 1.70. The van der Waals surface area contributed by atoms with Gasteiger partial charge in [-0.05, 0) is 12.0 Å². The molecule has 0 saturated carbocycles. The van der Waals surface area contributed by atoms with Crippen LogP contribution in [0.2, 0.25) is 5.02 Å². The van der Waals surface area contributed by atoms with Gasteiger partial charge in [0, 0.05) is 23.4 Å². The molecule has 1 atom stereocenters. The van der Waals surface area contributed by atoms with Gasteiger partial charge in [0.25, 0.3) is 10.1 Å². The number of halogens is 1. The quantitative estimate of drug-likeness (QED) is 0.783. The van der Waals surface area contributed by atoms with Crippen LogP contribution in [0.3, 0.4) is 0 Å². The molecule has 18 heavy (non-hydrogen) atoms. The van der Waals surface area contributed by atoms with Crippen molar-refractivity contribution in [3.05, 3.63) is 28.5 Å². The molecule has 0 saturated heterocycles. The number of rotatable bonds is 5. The first kappa shape index (κ1) is 15.4. The van der Waals surface area contributed by atoms with Crippen molar-refractivity contribution in [1.29, 1.82) is 0 Å². The molecule has 102 valence electrons. The fraction of sp³-hybridized carbons (Fsp3) is 0.583. The molecule has 4 nitrogen and oxygen atoms in total. The summed E-state index contributed by atoms with van der Waals surface area (Å²) in [5, 5.41) is 0.474. The topological polar surface area (TPSA) is 56.3 Å². The van der Waals surface area contributed by atoms with Gasteiger partial charge in [0.2, 0.25) is 0 Å². The Kier molecular flexibility index (Phi) is 5.13. The van der Waals surface area contributed by atoms with Crippen LogP contribution in [0.25, 0.3) is 0 Å². The molecule has 0 amide bonds. The predicted octanol–water partition coefficient (Wildman–Crippen LogP) is 2.97. The predicted molar refractivity (Wildman–Crippen MR) is 72.1 cm³/mol. The van der Waals surface area contributed by atoms with Gasteiger partial charge in [-0.25, -0.2) is 0 Å². The maximum absolute atomic E-state index is 11.0. The van der Waals surface area contributed by atoms with E-state index in [0.717, 1.165) is 11.9 Å². The summed E-state index contributed by atoms with van der Waals surface area (Å²) >= 11 is 5.88. The third kappa shape index (κ3) is 4.55. The van der Waals surface area contributed by atoms with E-state index in [-0.39, 0.29) is 12.5 Å². The number of hydrogen-bond acceptors (Lipinski definition) is 4. The second kappa shape index (κ2) is 5.99. The molecule has 0 aliphatic carbocycles. The van der Waals surface area contributed by atoms with Crippen LogP contribution < -0.4 is 0 Å². The Labute approximate surface area is 113 Å². The molecule has 0 aromatic carbocycles. The van der Waals surface area contributed by atoms with Gasteiger partial charge in [0.15, 0.2) is 0 Å². The normalized spacial score (nSPS) is 13.9. The molecule has 0 spiro atoms. The SMILES string of the molecule is CC(C)[C@H](C)c1ncc(Cl)cc1COS(C)(=O)=O. The standard InChI is InChI=1S/C12H18ClNO3S/c1-8(2)9(3)12-10(5-11(13)6-14-12)7-17-18(4,15)16/h5-6,8-9H,7H2,1-4H3/t9-/m0/s1. The molecule has 1 heterocycles. The fourth-order valence-corrected chi connectivity index (χ4v) is 2.03. The number of aromatic nitrogens is 1. The monoisotopic (exact) mass is 291 g/mol. The average molecular weight is 292 g/mol. The second-order valence-electron chi connectivity index (χ2n) is 4.70. The van der Waals surface area contributed by atoms with E-state index in [2.05, 4.69) is 18.8 Å². The Morgan fingerprint density at radius 3 is 2.50 bits per heavy atom. The molecular formula is C12H18ClNO3S. The van der Waals surface area contributed by atoms with Crippen molar-refractivity contribution < 1.29 is 12.6 Å². The van der Waals surface area contributed by atoms with Crippen molar-refractivity contribution in [1.82, 2.24) is 4.98 Å². The second-order valence-corrected chi connectivity index (χ2v) is 6.78. The summed E-state index contributed by atoms with van der Waals surface area (Å²) in [5.74, 6) is 0.607. The molecule has 0 radical (unpaired) electrons. The zero-order valence-electron chi connectivity index (χ0n) is 11.0. The van der Waals surface area contributed by atoms with Crippen LogP contribution >= 0.6 is 11.6 Å². The number of hydrogen-bond donors (Lipinski definition) is 0. The molecule has 1 aromatic heterocycles. The molecule has 0 fully saturated rings. The van der Waals surface area contributed by atoms with Crippen molar-refractivity contribution in [3.63, 3.8) is 0 Å².